The number of para-hydroxylation sites is 1. The molecule has 9 aromatic carbocycles. The van der Waals surface area contributed by atoms with Crippen molar-refractivity contribution in [3.8, 4) is 44.9 Å². The fraction of sp³-hybridized carbons (Fsp3) is 0. The van der Waals surface area contributed by atoms with E-state index in [2.05, 4.69) is 175 Å². The van der Waals surface area contributed by atoms with Crippen molar-refractivity contribution in [1.29, 1.82) is 0 Å². The highest BCUT2D eigenvalue weighted by Crippen LogP contribution is 2.50. The quantitative estimate of drug-likeness (QED) is 0.174. The Morgan fingerprint density at radius 1 is 0.340 bits per heavy atom. The van der Waals surface area contributed by atoms with Gasteiger partial charge in [-0.1, -0.05) is 146 Å². The molecule has 0 atom stereocenters. The summed E-state index contributed by atoms with van der Waals surface area (Å²) in [7, 11) is 0. The van der Waals surface area contributed by atoms with Crippen LogP contribution in [0, 0.1) is 0 Å². The van der Waals surface area contributed by atoms with Gasteiger partial charge in [-0.25, -0.2) is 9.97 Å². The van der Waals surface area contributed by atoms with Gasteiger partial charge in [0.2, 0.25) is 0 Å². The predicted molar refractivity (Wildman–Crippen MR) is 222 cm³/mol. The number of nitrogens with zero attached hydrogens (tertiary/aromatic N) is 3. The molecule has 0 amide bonds. The molecule has 2 heterocycles. The minimum atomic E-state index is 0.739. The summed E-state index contributed by atoms with van der Waals surface area (Å²) in [6.45, 7) is 0. The van der Waals surface area contributed by atoms with Gasteiger partial charge in [0.1, 0.15) is 0 Å². The van der Waals surface area contributed by atoms with Crippen molar-refractivity contribution < 1.29 is 0 Å². The third kappa shape index (κ3) is 4.68. The van der Waals surface area contributed by atoms with Gasteiger partial charge >= 0.3 is 0 Å². The van der Waals surface area contributed by atoms with E-state index < -0.39 is 0 Å². The van der Waals surface area contributed by atoms with Crippen LogP contribution in [0.3, 0.4) is 0 Å². The Morgan fingerprint density at radius 3 is 1.64 bits per heavy atom. The van der Waals surface area contributed by atoms with E-state index in [4.69, 9.17) is 9.97 Å². The summed E-state index contributed by atoms with van der Waals surface area (Å²) >= 11 is 0. The Labute approximate surface area is 307 Å². The van der Waals surface area contributed by atoms with Crippen molar-refractivity contribution in [3.63, 3.8) is 0 Å². The topological polar surface area (TPSA) is 29.0 Å². The van der Waals surface area contributed by atoms with Crippen molar-refractivity contribution in [2.24, 2.45) is 0 Å². The first-order chi connectivity index (χ1) is 26.3. The zero-order valence-electron chi connectivity index (χ0n) is 28.7. The van der Waals surface area contributed by atoms with E-state index in [9.17, 15) is 0 Å². The minimum absolute atomic E-state index is 0.739. The average molecular weight is 674 g/mol. The second-order valence-electron chi connectivity index (χ2n) is 13.8. The van der Waals surface area contributed by atoms with Gasteiger partial charge in [-0.15, -0.1) is 0 Å². The molecule has 10 aromatic rings. The molecule has 1 aliphatic heterocycles. The smallest absolute Gasteiger partial charge is 0.160 e. The zero-order valence-corrected chi connectivity index (χ0v) is 28.7. The first kappa shape index (κ1) is 29.6. The molecule has 0 radical (unpaired) electrons. The first-order valence-corrected chi connectivity index (χ1v) is 18.1. The van der Waals surface area contributed by atoms with E-state index in [0.717, 1.165) is 56.2 Å². The lowest BCUT2D eigenvalue weighted by Crippen LogP contribution is -2.16. The van der Waals surface area contributed by atoms with Crippen LogP contribution in [0.15, 0.2) is 188 Å². The highest BCUT2D eigenvalue weighted by Gasteiger charge is 2.28. The summed E-state index contributed by atoms with van der Waals surface area (Å²) in [5, 5.41) is 8.79. The van der Waals surface area contributed by atoms with E-state index >= 15 is 0 Å². The van der Waals surface area contributed by atoms with Crippen molar-refractivity contribution >= 4 is 60.3 Å². The number of rotatable bonds is 4. The van der Waals surface area contributed by atoms with Crippen LogP contribution < -0.4 is 4.90 Å². The summed E-state index contributed by atoms with van der Waals surface area (Å²) in [5.41, 5.74) is 12.0. The molecule has 0 unspecified atom stereocenters. The largest absolute Gasteiger partial charge is 0.309 e. The Balaban J connectivity index is 1.03. The molecular formula is C50H31N3. The van der Waals surface area contributed by atoms with Crippen molar-refractivity contribution in [2.45, 2.75) is 0 Å². The Hall–Kier alpha value is -7.10. The summed E-state index contributed by atoms with van der Waals surface area (Å²) in [4.78, 5) is 12.6. The number of fused-ring (bicyclic) bond motifs is 8. The number of hydrogen-bond acceptors (Lipinski definition) is 3. The third-order valence-electron chi connectivity index (χ3n) is 10.8. The molecule has 0 spiro atoms. The number of benzene rings is 9. The van der Waals surface area contributed by atoms with Crippen molar-refractivity contribution in [1.82, 2.24) is 9.97 Å². The van der Waals surface area contributed by atoms with Gasteiger partial charge in [0.05, 0.1) is 28.0 Å². The van der Waals surface area contributed by atoms with Crippen LogP contribution in [-0.2, 0) is 0 Å². The fourth-order valence-electron chi connectivity index (χ4n) is 8.33. The Morgan fingerprint density at radius 2 is 0.887 bits per heavy atom. The van der Waals surface area contributed by atoms with Gasteiger partial charge in [0, 0.05) is 16.8 Å². The van der Waals surface area contributed by atoms with E-state index in [1.54, 1.807) is 0 Å². The molecule has 1 aromatic heterocycles. The van der Waals surface area contributed by atoms with Gasteiger partial charge < -0.3 is 4.90 Å². The van der Waals surface area contributed by atoms with Gasteiger partial charge in [-0.2, -0.15) is 0 Å². The summed E-state index contributed by atoms with van der Waals surface area (Å²) in [6, 6.07) is 67.5. The van der Waals surface area contributed by atoms with Crippen LogP contribution in [0.25, 0.3) is 88.1 Å². The van der Waals surface area contributed by atoms with E-state index in [0.29, 0.717) is 0 Å². The van der Waals surface area contributed by atoms with Crippen molar-refractivity contribution in [3.05, 3.63) is 188 Å². The molecule has 0 bridgehead atoms. The Kier molecular flexibility index (Phi) is 6.55. The van der Waals surface area contributed by atoms with Gasteiger partial charge in [0.15, 0.2) is 5.82 Å². The van der Waals surface area contributed by atoms with Crippen LogP contribution in [-0.4, -0.2) is 9.97 Å². The van der Waals surface area contributed by atoms with Gasteiger partial charge in [-0.05, 0) is 97.0 Å². The lowest BCUT2D eigenvalue weighted by atomic mass is 9.91. The molecule has 1 aliphatic rings. The summed E-state index contributed by atoms with van der Waals surface area (Å²) < 4.78 is 0. The fourth-order valence-corrected chi connectivity index (χ4v) is 8.33. The molecule has 3 heteroatoms. The van der Waals surface area contributed by atoms with Gasteiger partial charge in [0.25, 0.3) is 0 Å². The van der Waals surface area contributed by atoms with E-state index in [1.165, 1.54) is 49.0 Å². The zero-order chi connectivity index (χ0) is 34.9. The molecule has 0 saturated carbocycles. The minimum Gasteiger partial charge on any atom is -0.309 e. The van der Waals surface area contributed by atoms with Gasteiger partial charge in [-0.3, -0.25) is 0 Å². The van der Waals surface area contributed by atoms with E-state index in [-0.39, 0.29) is 0 Å². The van der Waals surface area contributed by atoms with Crippen LogP contribution in [0.5, 0.6) is 0 Å². The second-order valence-corrected chi connectivity index (χ2v) is 13.8. The molecule has 0 saturated heterocycles. The first-order valence-electron chi connectivity index (χ1n) is 18.1. The molecule has 0 fully saturated rings. The number of aromatic nitrogens is 2. The Bertz CT molecular complexity index is 3040. The normalized spacial score (nSPS) is 12.1. The molecule has 53 heavy (non-hydrogen) atoms. The molecule has 0 aliphatic carbocycles. The van der Waals surface area contributed by atoms with Crippen molar-refractivity contribution in [2.75, 3.05) is 4.90 Å². The molecule has 11 rings (SSSR count). The SMILES string of the molecule is c1ccc(-c2nc3c4c(cccc4n2)N(c2cccc(-c4cccc(-c5ccc6c7ccccc7c7ccccc7c6c5)c4)c2)c2ccccc2-3)cc1. The van der Waals surface area contributed by atoms with E-state index in [1.807, 2.05) is 18.2 Å². The summed E-state index contributed by atoms with van der Waals surface area (Å²) in [5.74, 6) is 0.739. The monoisotopic (exact) mass is 673 g/mol. The lowest BCUT2D eigenvalue weighted by Gasteiger charge is -2.33. The second kappa shape index (κ2) is 11.7. The van der Waals surface area contributed by atoms with Crippen LogP contribution in [0.4, 0.5) is 17.1 Å². The highest BCUT2D eigenvalue weighted by atomic mass is 15.2. The maximum atomic E-state index is 5.19. The standard InChI is InChI=1S/C50H31N3/c1-2-13-32(14-3-1)50-51-45-24-12-26-47-48(45)49(52-50)43-23-8-9-25-46(43)53(47)37-18-11-17-35(30-37)33-15-10-16-34(29-33)36-27-28-42-40-21-5-4-19-38(40)39-20-6-7-22-41(39)44(42)31-36/h1-31H. The molecule has 0 N–H and O–H groups in total. The maximum absolute atomic E-state index is 5.19. The lowest BCUT2D eigenvalue weighted by molar-refractivity contribution is 1.20. The highest BCUT2D eigenvalue weighted by molar-refractivity contribution is 6.25. The van der Waals surface area contributed by atoms with Crippen LogP contribution in [0.1, 0.15) is 0 Å². The van der Waals surface area contributed by atoms with Crippen LogP contribution in [0.2, 0.25) is 0 Å². The summed E-state index contributed by atoms with van der Waals surface area (Å²) in [6.07, 6.45) is 0. The molecule has 3 nitrogen and oxygen atoms in total. The number of hydrogen-bond donors (Lipinski definition) is 0. The molecule has 246 valence electrons. The third-order valence-corrected chi connectivity index (χ3v) is 10.8. The molecular weight excluding hydrogens is 643 g/mol. The average Bonchev–Trinajstić information content (AvgIpc) is 3.24. The number of anilines is 3. The van der Waals surface area contributed by atoms with Crippen LogP contribution >= 0.6 is 0 Å². The predicted octanol–water partition coefficient (Wildman–Crippen LogP) is 13.5. The maximum Gasteiger partial charge on any atom is 0.160 e.